The Labute approximate surface area is 207 Å². The first-order chi connectivity index (χ1) is 17.1. The van der Waals surface area contributed by atoms with Crippen molar-refractivity contribution in [3.63, 3.8) is 0 Å². The standard InChI is InChI=1S/C27H26N2O5S/c1-32-26(30)23-11-10-21(35-23)16-33-20-9-5-8-18(14-20)24(17-6-3-2-4-7-17)29-27(31)34-25-19-12-13-28-22(25)15-19/h2-11,14,19,24-25H,12-13,15-16H2,1H3,(H,29,31)/t19?,24-,25+/m0/s1. The monoisotopic (exact) mass is 490 g/mol. The number of ether oxygens (including phenoxy) is 3. The largest absolute Gasteiger partial charge is 0.488 e. The van der Waals surface area contributed by atoms with Crippen LogP contribution >= 0.6 is 11.3 Å². The molecule has 1 amide bonds. The molecule has 1 fully saturated rings. The lowest BCUT2D eigenvalue weighted by atomic mass is 9.75. The molecule has 35 heavy (non-hydrogen) atoms. The molecule has 5 rings (SSSR count). The number of alkyl carbamates (subject to hydrolysis) is 1. The maximum absolute atomic E-state index is 12.9. The number of methoxy groups -OCH3 is 1. The number of hydrogen-bond acceptors (Lipinski definition) is 7. The van der Waals surface area contributed by atoms with Gasteiger partial charge in [0.1, 0.15) is 23.3 Å². The van der Waals surface area contributed by atoms with Crippen LogP contribution in [0, 0.1) is 5.92 Å². The minimum absolute atomic E-state index is 0.199. The highest BCUT2D eigenvalue weighted by Gasteiger charge is 2.42. The fraction of sp³-hybridized carbons (Fsp3) is 0.296. The molecular weight excluding hydrogens is 464 g/mol. The van der Waals surface area contributed by atoms with E-state index >= 15 is 0 Å². The summed E-state index contributed by atoms with van der Waals surface area (Å²) in [7, 11) is 1.36. The molecule has 1 N–H and O–H groups in total. The van der Waals surface area contributed by atoms with Gasteiger partial charge in [-0.25, -0.2) is 9.59 Å². The number of fused-ring (bicyclic) bond motifs is 2. The summed E-state index contributed by atoms with van der Waals surface area (Å²) >= 11 is 1.34. The van der Waals surface area contributed by atoms with E-state index in [1.807, 2.05) is 60.7 Å². The molecule has 8 heteroatoms. The highest BCUT2D eigenvalue weighted by atomic mass is 32.1. The van der Waals surface area contributed by atoms with Gasteiger partial charge in [0.2, 0.25) is 0 Å². The molecule has 180 valence electrons. The fourth-order valence-corrected chi connectivity index (χ4v) is 5.26. The number of rotatable bonds is 8. The van der Waals surface area contributed by atoms with Crippen LogP contribution in [0.25, 0.3) is 0 Å². The van der Waals surface area contributed by atoms with Gasteiger partial charge in [0, 0.05) is 17.3 Å². The number of carbonyl (C=O) groups excluding carboxylic acids is 2. The first-order valence-electron chi connectivity index (χ1n) is 11.6. The molecule has 1 aromatic heterocycles. The molecule has 0 radical (unpaired) electrons. The Balaban J connectivity index is 1.29. The number of nitrogens with zero attached hydrogens (tertiary/aromatic N) is 1. The maximum Gasteiger partial charge on any atom is 0.408 e. The zero-order valence-electron chi connectivity index (χ0n) is 19.3. The van der Waals surface area contributed by atoms with Crippen molar-refractivity contribution in [2.75, 3.05) is 13.7 Å². The average Bonchev–Trinajstić information content (AvgIpc) is 3.39. The number of aliphatic imine (C=N–C) groups is 1. The van der Waals surface area contributed by atoms with E-state index in [0.717, 1.165) is 41.1 Å². The van der Waals surface area contributed by atoms with Crippen molar-refractivity contribution in [3.8, 4) is 5.75 Å². The normalized spacial score (nSPS) is 19.1. The van der Waals surface area contributed by atoms with Gasteiger partial charge in [-0.05, 0) is 48.2 Å². The van der Waals surface area contributed by atoms with E-state index in [2.05, 4.69) is 10.3 Å². The molecule has 2 aromatic carbocycles. The zero-order valence-corrected chi connectivity index (χ0v) is 20.1. The van der Waals surface area contributed by atoms with Gasteiger partial charge in [-0.3, -0.25) is 4.99 Å². The van der Waals surface area contributed by atoms with Crippen molar-refractivity contribution in [1.29, 1.82) is 0 Å². The molecule has 0 saturated heterocycles. The molecule has 0 spiro atoms. The topological polar surface area (TPSA) is 86.2 Å². The summed E-state index contributed by atoms with van der Waals surface area (Å²) in [4.78, 5) is 30.5. The van der Waals surface area contributed by atoms with E-state index in [-0.39, 0.29) is 12.1 Å². The Morgan fingerprint density at radius 2 is 1.91 bits per heavy atom. The van der Waals surface area contributed by atoms with E-state index in [4.69, 9.17) is 14.2 Å². The molecule has 3 atom stereocenters. The van der Waals surface area contributed by atoms with Gasteiger partial charge in [0.15, 0.2) is 0 Å². The number of thiophene rings is 1. The van der Waals surface area contributed by atoms with Crippen LogP contribution in [0.2, 0.25) is 0 Å². The van der Waals surface area contributed by atoms with Crippen molar-refractivity contribution in [2.24, 2.45) is 10.9 Å². The maximum atomic E-state index is 12.9. The predicted octanol–water partition coefficient (Wildman–Crippen LogP) is 5.16. The van der Waals surface area contributed by atoms with Crippen molar-refractivity contribution in [2.45, 2.75) is 31.6 Å². The van der Waals surface area contributed by atoms with Crippen LogP contribution < -0.4 is 10.1 Å². The summed E-state index contributed by atoms with van der Waals surface area (Å²) in [6, 6.07) is 20.6. The van der Waals surface area contributed by atoms with Crippen molar-refractivity contribution in [3.05, 3.63) is 87.6 Å². The highest BCUT2D eigenvalue weighted by Crippen LogP contribution is 2.35. The van der Waals surface area contributed by atoms with Crippen molar-refractivity contribution >= 4 is 29.1 Å². The lowest BCUT2D eigenvalue weighted by Gasteiger charge is -2.40. The van der Waals surface area contributed by atoms with Crippen LogP contribution in [-0.4, -0.2) is 37.5 Å². The molecule has 1 saturated carbocycles. The minimum Gasteiger partial charge on any atom is -0.488 e. The molecule has 2 bridgehead atoms. The van der Waals surface area contributed by atoms with Crippen LogP contribution in [0.3, 0.4) is 0 Å². The predicted molar refractivity (Wildman–Crippen MR) is 133 cm³/mol. The van der Waals surface area contributed by atoms with Gasteiger partial charge in [-0.2, -0.15) is 0 Å². The van der Waals surface area contributed by atoms with Gasteiger partial charge >= 0.3 is 12.1 Å². The smallest absolute Gasteiger partial charge is 0.408 e. The second-order valence-corrected chi connectivity index (χ2v) is 9.73. The molecule has 1 aliphatic carbocycles. The Morgan fingerprint density at radius 3 is 2.66 bits per heavy atom. The molecule has 2 aliphatic rings. The lowest BCUT2D eigenvalue weighted by molar-refractivity contribution is 0.0606. The van der Waals surface area contributed by atoms with Crippen LogP contribution in [0.1, 0.15) is 44.6 Å². The summed E-state index contributed by atoms with van der Waals surface area (Å²) < 4.78 is 16.5. The zero-order chi connectivity index (χ0) is 24.2. The Morgan fingerprint density at radius 1 is 1.09 bits per heavy atom. The molecule has 1 unspecified atom stereocenters. The summed E-state index contributed by atoms with van der Waals surface area (Å²) in [5.41, 5.74) is 2.80. The van der Waals surface area contributed by atoms with Gasteiger partial charge in [-0.1, -0.05) is 42.5 Å². The summed E-state index contributed by atoms with van der Waals surface area (Å²) in [5, 5.41) is 3.04. The number of carbonyl (C=O) groups is 2. The van der Waals surface area contributed by atoms with E-state index in [1.54, 1.807) is 6.07 Å². The van der Waals surface area contributed by atoms with E-state index in [1.165, 1.54) is 18.4 Å². The third kappa shape index (κ3) is 5.22. The van der Waals surface area contributed by atoms with Gasteiger partial charge in [0.05, 0.1) is 18.9 Å². The lowest BCUT2D eigenvalue weighted by Crippen LogP contribution is -2.50. The van der Waals surface area contributed by atoms with Gasteiger partial charge in [0.25, 0.3) is 0 Å². The van der Waals surface area contributed by atoms with E-state index < -0.39 is 12.1 Å². The average molecular weight is 491 g/mol. The number of hydrogen-bond donors (Lipinski definition) is 1. The third-order valence-electron chi connectivity index (χ3n) is 6.29. The molecule has 7 nitrogen and oxygen atoms in total. The summed E-state index contributed by atoms with van der Waals surface area (Å²) in [6.07, 6.45) is 1.25. The van der Waals surface area contributed by atoms with Crippen LogP contribution in [0.5, 0.6) is 5.75 Å². The van der Waals surface area contributed by atoms with Gasteiger partial charge < -0.3 is 19.5 Å². The van der Waals surface area contributed by atoms with E-state index in [0.29, 0.717) is 23.2 Å². The van der Waals surface area contributed by atoms with Crippen molar-refractivity contribution < 1.29 is 23.8 Å². The van der Waals surface area contributed by atoms with Crippen molar-refractivity contribution in [1.82, 2.24) is 5.32 Å². The fourth-order valence-electron chi connectivity index (χ4n) is 4.43. The third-order valence-corrected chi connectivity index (χ3v) is 7.33. The number of esters is 1. The van der Waals surface area contributed by atoms with Crippen LogP contribution in [-0.2, 0) is 16.1 Å². The Bertz CT molecular complexity index is 1240. The number of nitrogens with one attached hydrogen (secondary N) is 1. The minimum atomic E-state index is -0.455. The summed E-state index contributed by atoms with van der Waals surface area (Å²) in [5.74, 6) is 0.691. The SMILES string of the molecule is COC(=O)c1ccc(COc2cccc([C@@H](NC(=O)O[C@H]3C4=NCCC3C4)c3ccccc3)c2)s1. The molecule has 2 heterocycles. The number of amides is 1. The quantitative estimate of drug-likeness (QED) is 0.441. The Kier molecular flexibility index (Phi) is 6.81. The second kappa shape index (κ2) is 10.3. The second-order valence-electron chi connectivity index (χ2n) is 8.56. The molecule has 1 aliphatic heterocycles. The van der Waals surface area contributed by atoms with E-state index in [9.17, 15) is 9.59 Å². The first kappa shape index (κ1) is 23.1. The first-order valence-corrected chi connectivity index (χ1v) is 12.4. The highest BCUT2D eigenvalue weighted by molar-refractivity contribution is 7.13. The van der Waals surface area contributed by atoms with Crippen LogP contribution in [0.15, 0.2) is 71.7 Å². The number of benzene rings is 2. The molecular formula is C27H26N2O5S. The molecule has 3 aromatic rings. The van der Waals surface area contributed by atoms with Gasteiger partial charge in [-0.15, -0.1) is 11.3 Å². The Hall–Kier alpha value is -3.65. The summed E-state index contributed by atoms with van der Waals surface area (Å²) in [6.45, 7) is 1.15. The van der Waals surface area contributed by atoms with Crippen LogP contribution in [0.4, 0.5) is 4.79 Å².